The van der Waals surface area contributed by atoms with E-state index in [1.54, 1.807) is 0 Å². The number of fused-ring (bicyclic) bond motifs is 6. The van der Waals surface area contributed by atoms with E-state index in [9.17, 15) is 27.0 Å². The minimum atomic E-state index is -3.22. The first-order valence-electron chi connectivity index (χ1n) is 17.7. The van der Waals surface area contributed by atoms with E-state index in [0.29, 0.717) is 25.9 Å². The number of hydrogen-bond donors (Lipinski definition) is 2. The Kier molecular flexibility index (Phi) is 7.86. The Morgan fingerprint density at radius 2 is 0.980 bits per heavy atom. The van der Waals surface area contributed by atoms with Crippen molar-refractivity contribution in [3.05, 3.63) is 84.7 Å². The van der Waals surface area contributed by atoms with Crippen LogP contribution < -0.4 is 0 Å². The molecule has 0 bridgehead atoms. The van der Waals surface area contributed by atoms with Crippen LogP contribution >= 0.6 is 0 Å². The third kappa shape index (κ3) is 5.29. The Bertz CT molecular complexity index is 1990. The maximum atomic E-state index is 12.5. The number of β-amino-alcohol motifs (C(OH)–C–C–N with tert-alkyl or cyclic N) is 2. The zero-order valence-electron chi connectivity index (χ0n) is 27.6. The van der Waals surface area contributed by atoms with Crippen LogP contribution in [0.3, 0.4) is 0 Å². The van der Waals surface area contributed by atoms with Crippen LogP contribution in [0.1, 0.15) is 61.7 Å². The highest BCUT2D eigenvalue weighted by Crippen LogP contribution is 2.48. The lowest BCUT2D eigenvalue weighted by molar-refractivity contribution is 0.0341. The van der Waals surface area contributed by atoms with Crippen LogP contribution in [0.25, 0.3) is 22.5 Å². The van der Waals surface area contributed by atoms with Crippen molar-refractivity contribution in [1.29, 1.82) is 0 Å². The lowest BCUT2D eigenvalue weighted by Crippen LogP contribution is -2.49. The fourth-order valence-electron chi connectivity index (χ4n) is 8.81. The van der Waals surface area contributed by atoms with Crippen molar-refractivity contribution in [3.8, 4) is 22.5 Å². The Labute approximate surface area is 292 Å². The maximum absolute atomic E-state index is 12.5. The summed E-state index contributed by atoms with van der Waals surface area (Å²) >= 11 is 0. The molecule has 6 heterocycles. The number of hydrogen-bond acceptors (Lipinski definition) is 8. The van der Waals surface area contributed by atoms with Crippen molar-refractivity contribution in [2.75, 3.05) is 26.2 Å². The van der Waals surface area contributed by atoms with Gasteiger partial charge in [0.15, 0.2) is 0 Å². The van der Waals surface area contributed by atoms with Gasteiger partial charge in [0.25, 0.3) is 0 Å². The SMILES string of the molecule is O=S(=O)(C1CC1)N1CC[C@@H]([C@H]2c3ccccc3-c3cncn32)[C@H](O)C1.O=S(=O)(C1CC1)N1CC[C@H]([C@@H]2c3ccccc3-c3cncn32)[C@@H](O)C1. The summed E-state index contributed by atoms with van der Waals surface area (Å²) in [7, 11) is -6.45. The van der Waals surface area contributed by atoms with Crippen molar-refractivity contribution in [2.45, 2.75) is 73.3 Å². The summed E-state index contributed by atoms with van der Waals surface area (Å²) in [5, 5.41) is 21.2. The van der Waals surface area contributed by atoms with E-state index in [2.05, 4.69) is 43.4 Å². The summed E-state index contributed by atoms with van der Waals surface area (Å²) in [4.78, 5) is 8.55. The number of aliphatic hydroxyl groups is 2. The predicted molar refractivity (Wildman–Crippen MR) is 187 cm³/mol. The molecule has 6 aliphatic rings. The van der Waals surface area contributed by atoms with E-state index in [1.165, 1.54) is 19.7 Å². The molecule has 0 unspecified atom stereocenters. The molecule has 4 fully saturated rings. The molecule has 0 amide bonds. The molecule has 50 heavy (non-hydrogen) atoms. The first kappa shape index (κ1) is 32.5. The summed E-state index contributed by atoms with van der Waals surface area (Å²) < 4.78 is 57.2. The molecule has 2 saturated carbocycles. The Morgan fingerprint density at radius 3 is 1.36 bits per heavy atom. The second-order valence-electron chi connectivity index (χ2n) is 14.7. The number of aromatic nitrogens is 4. The van der Waals surface area contributed by atoms with Crippen LogP contribution in [0.15, 0.2) is 73.6 Å². The van der Waals surface area contributed by atoms with Crippen LogP contribution in [0, 0.1) is 11.8 Å². The van der Waals surface area contributed by atoms with Gasteiger partial charge in [0, 0.05) is 49.1 Å². The third-order valence-corrected chi connectivity index (χ3v) is 16.4. The van der Waals surface area contributed by atoms with Crippen molar-refractivity contribution in [1.82, 2.24) is 27.7 Å². The minimum Gasteiger partial charge on any atom is -0.391 e. The molecular formula is C36H42N6O6S2. The number of benzene rings is 2. The third-order valence-electron chi connectivity index (χ3n) is 11.7. The van der Waals surface area contributed by atoms with E-state index >= 15 is 0 Å². The molecule has 264 valence electrons. The highest BCUT2D eigenvalue weighted by molar-refractivity contribution is 7.90. The summed E-state index contributed by atoms with van der Waals surface area (Å²) in [6.07, 6.45) is 10.4. The first-order valence-corrected chi connectivity index (χ1v) is 20.7. The van der Waals surface area contributed by atoms with E-state index in [-0.39, 0.29) is 47.5 Å². The molecule has 4 aliphatic heterocycles. The highest BCUT2D eigenvalue weighted by atomic mass is 32.2. The van der Waals surface area contributed by atoms with E-state index in [1.807, 2.05) is 49.3 Å². The van der Waals surface area contributed by atoms with E-state index < -0.39 is 32.3 Å². The van der Waals surface area contributed by atoms with Crippen LogP contribution in [0.5, 0.6) is 0 Å². The molecule has 2 aliphatic carbocycles. The molecule has 2 N–H and O–H groups in total. The molecule has 2 aromatic heterocycles. The predicted octanol–water partition coefficient (Wildman–Crippen LogP) is 3.26. The summed E-state index contributed by atoms with van der Waals surface area (Å²) in [5.41, 5.74) is 6.85. The topological polar surface area (TPSA) is 151 Å². The van der Waals surface area contributed by atoms with Crippen LogP contribution in [0.2, 0.25) is 0 Å². The van der Waals surface area contributed by atoms with Gasteiger partial charge in [-0.2, -0.15) is 8.61 Å². The Morgan fingerprint density at radius 1 is 0.580 bits per heavy atom. The lowest BCUT2D eigenvalue weighted by Gasteiger charge is -2.38. The minimum absolute atomic E-state index is 0.0118. The van der Waals surface area contributed by atoms with Crippen LogP contribution in [-0.2, 0) is 20.0 Å². The number of nitrogens with zero attached hydrogens (tertiary/aromatic N) is 6. The molecule has 0 radical (unpaired) electrons. The fourth-order valence-corrected chi connectivity index (χ4v) is 12.6. The Balaban J connectivity index is 0.000000135. The van der Waals surface area contributed by atoms with Gasteiger partial charge >= 0.3 is 0 Å². The van der Waals surface area contributed by atoms with Crippen molar-refractivity contribution in [3.63, 3.8) is 0 Å². The summed E-state index contributed by atoms with van der Waals surface area (Å²) in [6.45, 7) is 1.38. The smallest absolute Gasteiger partial charge is 0.217 e. The van der Waals surface area contributed by atoms with Gasteiger partial charge in [-0.25, -0.2) is 26.8 Å². The summed E-state index contributed by atoms with van der Waals surface area (Å²) in [5.74, 6) is -0.0236. The fraction of sp³-hybridized carbons (Fsp3) is 0.500. The van der Waals surface area contributed by atoms with Gasteiger partial charge in [-0.15, -0.1) is 0 Å². The van der Waals surface area contributed by atoms with Gasteiger partial charge in [0.1, 0.15) is 0 Å². The molecule has 6 atom stereocenters. The van der Waals surface area contributed by atoms with Gasteiger partial charge in [-0.05, 0) is 49.7 Å². The van der Waals surface area contributed by atoms with Crippen LogP contribution in [-0.4, -0.2) is 104 Å². The first-order chi connectivity index (χ1) is 24.1. The monoisotopic (exact) mass is 718 g/mol. The number of rotatable bonds is 6. The van der Waals surface area contributed by atoms with Gasteiger partial charge in [0.2, 0.25) is 20.0 Å². The summed E-state index contributed by atoms with van der Waals surface area (Å²) in [6, 6.07) is 16.5. The van der Waals surface area contributed by atoms with Crippen molar-refractivity contribution >= 4 is 20.0 Å². The number of aliphatic hydroxyl groups excluding tert-OH is 2. The van der Waals surface area contributed by atoms with Crippen molar-refractivity contribution < 1.29 is 27.0 Å². The second-order valence-corrected chi connectivity index (χ2v) is 19.1. The van der Waals surface area contributed by atoms with E-state index in [4.69, 9.17) is 0 Å². The molecule has 0 spiro atoms. The second kappa shape index (κ2) is 12.1. The van der Waals surface area contributed by atoms with Gasteiger partial charge in [-0.3, -0.25) is 0 Å². The molecule has 14 heteroatoms. The molecule has 2 saturated heterocycles. The number of piperidine rings is 2. The van der Waals surface area contributed by atoms with Gasteiger partial charge < -0.3 is 19.3 Å². The normalized spacial score (nSPS) is 29.4. The zero-order valence-corrected chi connectivity index (χ0v) is 29.3. The van der Waals surface area contributed by atoms with E-state index in [0.717, 1.165) is 48.2 Å². The number of sulfonamides is 2. The quantitative estimate of drug-likeness (QED) is 0.309. The maximum Gasteiger partial charge on any atom is 0.217 e. The molecule has 10 rings (SSSR count). The zero-order chi connectivity index (χ0) is 34.4. The standard InChI is InChI=1S/2C18H21N3O3S/c2*22-17-10-20(25(23,24)12-5-6-12)8-7-15(17)18-14-4-2-1-3-13(14)16-9-19-11-21(16)18/h2*1-4,9,11-12,15,17-18,22H,5-8,10H2/t2*15-,17-,18-/m10/s1. The largest absolute Gasteiger partial charge is 0.391 e. The molecule has 4 aromatic rings. The molecule has 12 nitrogen and oxygen atoms in total. The highest BCUT2D eigenvalue weighted by Gasteiger charge is 2.48. The van der Waals surface area contributed by atoms with Crippen LogP contribution in [0.4, 0.5) is 0 Å². The van der Waals surface area contributed by atoms with Gasteiger partial charge in [0.05, 0.1) is 71.2 Å². The number of imidazole rings is 2. The van der Waals surface area contributed by atoms with Gasteiger partial charge in [-0.1, -0.05) is 48.5 Å². The average molecular weight is 719 g/mol. The Hall–Kier alpha value is -3.40. The average Bonchev–Trinajstić information content (AvgIpc) is 4.01. The molecule has 2 aromatic carbocycles. The van der Waals surface area contributed by atoms with Crippen molar-refractivity contribution in [2.24, 2.45) is 11.8 Å². The molecular weight excluding hydrogens is 677 g/mol. The lowest BCUT2D eigenvalue weighted by atomic mass is 9.84.